The van der Waals surface area contributed by atoms with Crippen LogP contribution in [0.5, 0.6) is 0 Å². The molecule has 1 amide bonds. The van der Waals surface area contributed by atoms with Gasteiger partial charge in [-0.1, -0.05) is 0 Å². The van der Waals surface area contributed by atoms with E-state index in [1.807, 2.05) is 0 Å². The zero-order valence-corrected chi connectivity index (χ0v) is 7.54. The number of carbonyl (C=O) groups excluding carboxylic acids is 1. The zero-order chi connectivity index (χ0) is 9.31. The number of alkyl carbamates (subject to hydrolysis) is 1. The van der Waals surface area contributed by atoms with Gasteiger partial charge in [0, 0.05) is 13.5 Å². The number of rotatable bonds is 1. The van der Waals surface area contributed by atoms with Gasteiger partial charge in [-0.15, -0.1) is 0 Å². The van der Waals surface area contributed by atoms with Gasteiger partial charge < -0.3 is 19.5 Å². The van der Waals surface area contributed by atoms with Gasteiger partial charge in [-0.25, -0.2) is 4.79 Å². The number of hydrogen-bond acceptors (Lipinski definition) is 4. The molecule has 2 aliphatic heterocycles. The normalized spacial score (nSPS) is 38.8. The summed E-state index contributed by atoms with van der Waals surface area (Å²) >= 11 is 0. The first-order valence-electron chi connectivity index (χ1n) is 4.34. The number of methoxy groups -OCH3 is 1. The van der Waals surface area contributed by atoms with Crippen molar-refractivity contribution in [3.63, 3.8) is 0 Å². The predicted molar refractivity (Wildman–Crippen MR) is 43.4 cm³/mol. The van der Waals surface area contributed by atoms with E-state index in [9.17, 15) is 4.79 Å². The van der Waals surface area contributed by atoms with Crippen molar-refractivity contribution in [2.75, 3.05) is 26.9 Å². The number of hydrogen-bond donors (Lipinski definition) is 1. The Balaban J connectivity index is 2.13. The van der Waals surface area contributed by atoms with Crippen molar-refractivity contribution >= 4 is 6.09 Å². The molecule has 2 unspecified atom stereocenters. The largest absolute Gasteiger partial charge is 0.438 e. The molecule has 0 saturated carbocycles. The van der Waals surface area contributed by atoms with E-state index in [2.05, 4.69) is 5.32 Å². The maximum absolute atomic E-state index is 10.9. The molecule has 0 aromatic heterocycles. The van der Waals surface area contributed by atoms with Crippen LogP contribution in [-0.4, -0.2) is 44.7 Å². The van der Waals surface area contributed by atoms with Crippen molar-refractivity contribution < 1.29 is 19.0 Å². The van der Waals surface area contributed by atoms with Gasteiger partial charge in [0.1, 0.15) is 6.10 Å². The van der Waals surface area contributed by atoms with Crippen molar-refractivity contribution in [2.45, 2.75) is 18.1 Å². The van der Waals surface area contributed by atoms with Gasteiger partial charge in [-0.05, 0) is 0 Å². The van der Waals surface area contributed by atoms with E-state index in [1.165, 1.54) is 0 Å². The molecule has 2 atom stereocenters. The van der Waals surface area contributed by atoms with Crippen LogP contribution in [0.15, 0.2) is 0 Å². The summed E-state index contributed by atoms with van der Waals surface area (Å²) in [6.07, 6.45) is 0.189. The van der Waals surface area contributed by atoms with Crippen LogP contribution in [0.4, 0.5) is 4.79 Å². The highest BCUT2D eigenvalue weighted by atomic mass is 16.6. The second-order valence-corrected chi connectivity index (χ2v) is 3.36. The highest BCUT2D eigenvalue weighted by Crippen LogP contribution is 2.30. The average molecular weight is 187 g/mol. The van der Waals surface area contributed by atoms with Gasteiger partial charge in [-0.3, -0.25) is 0 Å². The zero-order valence-electron chi connectivity index (χ0n) is 7.54. The minimum atomic E-state index is -0.496. The number of nitrogens with one attached hydrogen (secondary N) is 1. The van der Waals surface area contributed by atoms with Gasteiger partial charge in [0.25, 0.3) is 0 Å². The molecule has 1 spiro atoms. The van der Waals surface area contributed by atoms with Crippen molar-refractivity contribution in [3.8, 4) is 0 Å². The molecule has 5 heteroatoms. The van der Waals surface area contributed by atoms with E-state index >= 15 is 0 Å². The van der Waals surface area contributed by atoms with Crippen molar-refractivity contribution in [1.82, 2.24) is 5.32 Å². The van der Waals surface area contributed by atoms with Gasteiger partial charge in [0.15, 0.2) is 5.60 Å². The molecule has 2 saturated heterocycles. The highest BCUT2D eigenvalue weighted by Gasteiger charge is 2.49. The number of amides is 1. The van der Waals surface area contributed by atoms with Crippen LogP contribution < -0.4 is 5.32 Å². The minimum Gasteiger partial charge on any atom is -0.438 e. The van der Waals surface area contributed by atoms with Crippen LogP contribution in [0, 0.1) is 0 Å². The van der Waals surface area contributed by atoms with Crippen LogP contribution in [0.25, 0.3) is 0 Å². The molecule has 0 radical (unpaired) electrons. The summed E-state index contributed by atoms with van der Waals surface area (Å²) in [7, 11) is 1.60. The summed E-state index contributed by atoms with van der Waals surface area (Å²) in [5.74, 6) is 0. The van der Waals surface area contributed by atoms with Gasteiger partial charge >= 0.3 is 6.09 Å². The van der Waals surface area contributed by atoms with Crippen LogP contribution in [0.3, 0.4) is 0 Å². The predicted octanol–water partition coefficient (Wildman–Crippen LogP) is -0.0997. The third kappa shape index (κ3) is 1.38. The van der Waals surface area contributed by atoms with E-state index in [0.717, 1.165) is 0 Å². The van der Waals surface area contributed by atoms with Crippen LogP contribution in [0.2, 0.25) is 0 Å². The SMILES string of the molecule is COC1COCCC12CNC(=O)O2. The molecule has 0 aromatic carbocycles. The first-order chi connectivity index (χ1) is 6.27. The molecule has 2 aliphatic rings. The van der Waals surface area contributed by atoms with Gasteiger partial charge in [0.2, 0.25) is 0 Å². The van der Waals surface area contributed by atoms with Gasteiger partial charge in [-0.2, -0.15) is 0 Å². The maximum atomic E-state index is 10.9. The van der Waals surface area contributed by atoms with Crippen molar-refractivity contribution in [1.29, 1.82) is 0 Å². The standard InChI is InChI=1S/C8H13NO4/c1-11-6-4-12-3-2-8(6)5-9-7(10)13-8/h6H,2-5H2,1H3,(H,9,10). The molecular weight excluding hydrogens is 174 g/mol. The molecule has 0 aliphatic carbocycles. The summed E-state index contributed by atoms with van der Waals surface area (Å²) < 4.78 is 15.7. The lowest BCUT2D eigenvalue weighted by molar-refractivity contribution is -0.147. The highest BCUT2D eigenvalue weighted by molar-refractivity contribution is 5.70. The lowest BCUT2D eigenvalue weighted by atomic mass is 9.92. The Morgan fingerprint density at radius 1 is 1.69 bits per heavy atom. The summed E-state index contributed by atoms with van der Waals surface area (Å²) in [5.41, 5.74) is -0.496. The molecule has 74 valence electrons. The van der Waals surface area contributed by atoms with Gasteiger partial charge in [0.05, 0.1) is 19.8 Å². The third-order valence-electron chi connectivity index (χ3n) is 2.64. The Kier molecular flexibility index (Phi) is 2.13. The number of ether oxygens (including phenoxy) is 3. The molecule has 2 fully saturated rings. The van der Waals surface area contributed by atoms with Crippen LogP contribution in [-0.2, 0) is 14.2 Å². The first kappa shape index (κ1) is 8.77. The molecule has 0 aromatic rings. The average Bonchev–Trinajstić information content (AvgIpc) is 2.49. The quantitative estimate of drug-likeness (QED) is 0.622. The maximum Gasteiger partial charge on any atom is 0.407 e. The van der Waals surface area contributed by atoms with E-state index in [1.54, 1.807) is 7.11 Å². The second kappa shape index (κ2) is 3.16. The summed E-state index contributed by atoms with van der Waals surface area (Å²) in [4.78, 5) is 10.9. The lowest BCUT2D eigenvalue weighted by Crippen LogP contribution is -2.53. The van der Waals surface area contributed by atoms with Crippen molar-refractivity contribution in [3.05, 3.63) is 0 Å². The summed E-state index contributed by atoms with van der Waals surface area (Å²) in [6, 6.07) is 0. The summed E-state index contributed by atoms with van der Waals surface area (Å²) in [6.45, 7) is 1.63. The van der Waals surface area contributed by atoms with E-state index in [0.29, 0.717) is 26.2 Å². The molecular formula is C8H13NO4. The Labute approximate surface area is 76.3 Å². The second-order valence-electron chi connectivity index (χ2n) is 3.36. The fourth-order valence-electron chi connectivity index (χ4n) is 1.83. The Morgan fingerprint density at radius 2 is 2.54 bits per heavy atom. The fraction of sp³-hybridized carbons (Fsp3) is 0.875. The molecule has 0 bridgehead atoms. The van der Waals surface area contributed by atoms with Crippen molar-refractivity contribution in [2.24, 2.45) is 0 Å². The molecule has 1 N–H and O–H groups in total. The Hall–Kier alpha value is -0.810. The Morgan fingerprint density at radius 3 is 3.15 bits per heavy atom. The molecule has 2 rings (SSSR count). The summed E-state index contributed by atoms with van der Waals surface area (Å²) in [5, 5.41) is 2.65. The molecule has 13 heavy (non-hydrogen) atoms. The van der Waals surface area contributed by atoms with E-state index in [-0.39, 0.29) is 12.2 Å². The first-order valence-corrected chi connectivity index (χ1v) is 4.34. The molecule has 2 heterocycles. The van der Waals surface area contributed by atoms with E-state index in [4.69, 9.17) is 14.2 Å². The Bertz CT molecular complexity index is 220. The monoisotopic (exact) mass is 187 g/mol. The minimum absolute atomic E-state index is 0.153. The molecule has 5 nitrogen and oxygen atoms in total. The van der Waals surface area contributed by atoms with Crippen LogP contribution >= 0.6 is 0 Å². The number of carbonyl (C=O) groups is 1. The topological polar surface area (TPSA) is 56.8 Å². The fourth-order valence-corrected chi connectivity index (χ4v) is 1.83. The lowest BCUT2D eigenvalue weighted by Gasteiger charge is -2.37. The smallest absolute Gasteiger partial charge is 0.407 e. The van der Waals surface area contributed by atoms with E-state index < -0.39 is 5.60 Å². The van der Waals surface area contributed by atoms with Crippen LogP contribution in [0.1, 0.15) is 6.42 Å². The third-order valence-corrected chi connectivity index (χ3v) is 2.64.